The van der Waals surface area contributed by atoms with Gasteiger partial charge in [-0.3, -0.25) is 4.79 Å². The Balaban J connectivity index is 0.00000158. The van der Waals surface area contributed by atoms with Crippen LogP contribution in [0.4, 0.5) is 0 Å². The molecule has 5 aromatic rings. The number of benzene rings is 4. The molecule has 6 rings (SSSR count). The summed E-state index contributed by atoms with van der Waals surface area (Å²) in [5.74, 6) is 2.68. The largest absolute Gasteiger partial charge is 0.497 e. The zero-order chi connectivity index (χ0) is 27.9. The highest BCUT2D eigenvalue weighted by Gasteiger charge is 2.32. The highest BCUT2D eigenvalue weighted by Crippen LogP contribution is 2.50. The summed E-state index contributed by atoms with van der Waals surface area (Å²) in [4.78, 5) is 13.6. The van der Waals surface area contributed by atoms with Gasteiger partial charge in [-0.1, -0.05) is 74.5 Å². The molecule has 0 radical (unpaired) electrons. The zero-order valence-corrected chi connectivity index (χ0v) is 23.2. The first-order valence-electron chi connectivity index (χ1n) is 13.8. The molecule has 1 aliphatic rings. The lowest BCUT2D eigenvalue weighted by Crippen LogP contribution is -2.08. The van der Waals surface area contributed by atoms with Crippen molar-refractivity contribution in [3.05, 3.63) is 124 Å². The topological polar surface area (TPSA) is 57.9 Å². The van der Waals surface area contributed by atoms with Crippen LogP contribution in [0.1, 0.15) is 49.3 Å². The highest BCUT2D eigenvalue weighted by atomic mass is 16.5. The third-order valence-electron chi connectivity index (χ3n) is 6.80. The van der Waals surface area contributed by atoms with Gasteiger partial charge in [0.1, 0.15) is 47.2 Å². The van der Waals surface area contributed by atoms with E-state index in [2.05, 4.69) is 0 Å². The Kier molecular flexibility index (Phi) is 8.50. The molecule has 1 aromatic heterocycles. The standard InChI is InChI=1S/C33H28O5.C2H6/c1-35-26-16-14-24(15-17-26)28-18-27(34)32-30(37-21-23-10-6-3-7-11-23)19-29(31(25-12-13-25)33(32)38-28)36-20-22-8-4-2-5-9-22;1-2/h2-11,14-19,25H,12-13,20-21H2,1H3;1-2H3. The molecule has 204 valence electrons. The first-order chi connectivity index (χ1) is 19.7. The van der Waals surface area contributed by atoms with E-state index in [1.165, 1.54) is 0 Å². The van der Waals surface area contributed by atoms with Crippen molar-refractivity contribution < 1.29 is 18.6 Å². The number of hydrogen-bond acceptors (Lipinski definition) is 5. The Labute approximate surface area is 235 Å². The van der Waals surface area contributed by atoms with Crippen LogP contribution in [0, 0.1) is 0 Å². The predicted octanol–water partition coefficient (Wildman–Crippen LogP) is 8.53. The molecule has 5 nitrogen and oxygen atoms in total. The summed E-state index contributed by atoms with van der Waals surface area (Å²) in [6.45, 7) is 4.74. The van der Waals surface area contributed by atoms with Crippen molar-refractivity contribution in [1.82, 2.24) is 0 Å². The number of hydrogen-bond donors (Lipinski definition) is 0. The Morgan fingerprint density at radius 3 is 1.88 bits per heavy atom. The Morgan fingerprint density at radius 2 is 1.32 bits per heavy atom. The third kappa shape index (κ3) is 6.04. The Hall–Kier alpha value is -4.51. The maximum atomic E-state index is 13.6. The first kappa shape index (κ1) is 27.1. The van der Waals surface area contributed by atoms with E-state index in [1.54, 1.807) is 13.2 Å². The molecule has 0 bridgehead atoms. The van der Waals surface area contributed by atoms with Crippen molar-refractivity contribution in [3.8, 4) is 28.6 Å². The lowest BCUT2D eigenvalue weighted by atomic mass is 10.0. The van der Waals surface area contributed by atoms with Gasteiger partial charge in [0.05, 0.1) is 7.11 Å². The molecule has 1 fully saturated rings. The molecule has 0 aliphatic heterocycles. The van der Waals surface area contributed by atoms with Crippen LogP contribution in [-0.2, 0) is 13.2 Å². The summed E-state index contributed by atoms with van der Waals surface area (Å²) in [5, 5.41) is 0.451. The van der Waals surface area contributed by atoms with Gasteiger partial charge < -0.3 is 18.6 Å². The van der Waals surface area contributed by atoms with Crippen LogP contribution < -0.4 is 19.6 Å². The molecule has 40 heavy (non-hydrogen) atoms. The molecule has 5 heteroatoms. The summed E-state index contributed by atoms with van der Waals surface area (Å²) in [6.07, 6.45) is 2.05. The fraction of sp³-hybridized carbons (Fsp3) is 0.229. The predicted molar refractivity (Wildman–Crippen MR) is 159 cm³/mol. The summed E-state index contributed by atoms with van der Waals surface area (Å²) in [6, 6.07) is 30.9. The van der Waals surface area contributed by atoms with Gasteiger partial charge in [0.25, 0.3) is 0 Å². The third-order valence-corrected chi connectivity index (χ3v) is 6.80. The van der Waals surface area contributed by atoms with E-state index in [9.17, 15) is 4.79 Å². The van der Waals surface area contributed by atoms with Gasteiger partial charge in [-0.15, -0.1) is 0 Å². The zero-order valence-electron chi connectivity index (χ0n) is 23.2. The van der Waals surface area contributed by atoms with Crippen molar-refractivity contribution in [2.75, 3.05) is 7.11 Å². The lowest BCUT2D eigenvalue weighted by molar-refractivity contribution is 0.289. The minimum Gasteiger partial charge on any atom is -0.497 e. The molecule has 0 N–H and O–H groups in total. The molecule has 0 amide bonds. The van der Waals surface area contributed by atoms with Gasteiger partial charge in [0.2, 0.25) is 0 Å². The van der Waals surface area contributed by atoms with E-state index in [4.69, 9.17) is 18.6 Å². The normalized spacial score (nSPS) is 12.4. The minimum atomic E-state index is -0.142. The van der Waals surface area contributed by atoms with Crippen LogP contribution in [0.3, 0.4) is 0 Å². The minimum absolute atomic E-state index is 0.142. The number of rotatable bonds is 9. The van der Waals surface area contributed by atoms with E-state index in [0.29, 0.717) is 41.4 Å². The monoisotopic (exact) mass is 534 g/mol. The molecule has 0 spiro atoms. The average molecular weight is 535 g/mol. The van der Waals surface area contributed by atoms with Crippen LogP contribution >= 0.6 is 0 Å². The van der Waals surface area contributed by atoms with Gasteiger partial charge >= 0.3 is 0 Å². The summed E-state index contributed by atoms with van der Waals surface area (Å²) < 4.78 is 24.4. The fourth-order valence-corrected chi connectivity index (χ4v) is 4.66. The number of fused-ring (bicyclic) bond motifs is 1. The number of methoxy groups -OCH3 is 1. The van der Waals surface area contributed by atoms with Gasteiger partial charge in [-0.25, -0.2) is 0 Å². The Bertz CT molecular complexity index is 1600. The van der Waals surface area contributed by atoms with E-state index in [-0.39, 0.29) is 11.3 Å². The molecule has 1 saturated carbocycles. The first-order valence-corrected chi connectivity index (χ1v) is 13.8. The van der Waals surface area contributed by atoms with Crippen molar-refractivity contribution in [2.45, 2.75) is 45.8 Å². The number of ether oxygens (including phenoxy) is 3. The summed E-state index contributed by atoms with van der Waals surface area (Å²) in [7, 11) is 1.63. The van der Waals surface area contributed by atoms with Gasteiger partial charge in [-0.05, 0) is 54.2 Å². The maximum absolute atomic E-state index is 13.6. The fourth-order valence-electron chi connectivity index (χ4n) is 4.66. The van der Waals surface area contributed by atoms with Crippen molar-refractivity contribution in [3.63, 3.8) is 0 Å². The van der Waals surface area contributed by atoms with E-state index in [1.807, 2.05) is 105 Å². The molecule has 0 unspecified atom stereocenters. The van der Waals surface area contributed by atoms with E-state index < -0.39 is 0 Å². The highest BCUT2D eigenvalue weighted by molar-refractivity contribution is 5.90. The van der Waals surface area contributed by atoms with Crippen LogP contribution in [-0.4, -0.2) is 7.11 Å². The van der Waals surface area contributed by atoms with Crippen LogP contribution in [0.5, 0.6) is 17.2 Å². The van der Waals surface area contributed by atoms with Crippen LogP contribution in [0.2, 0.25) is 0 Å². The van der Waals surface area contributed by atoms with Gasteiger partial charge in [0, 0.05) is 23.3 Å². The second-order valence-corrected chi connectivity index (χ2v) is 9.52. The van der Waals surface area contributed by atoms with Crippen LogP contribution in [0.25, 0.3) is 22.3 Å². The molecule has 0 saturated heterocycles. The van der Waals surface area contributed by atoms with Crippen LogP contribution in [0.15, 0.2) is 106 Å². The molecule has 1 heterocycles. The molecule has 1 aliphatic carbocycles. The summed E-state index contributed by atoms with van der Waals surface area (Å²) >= 11 is 0. The maximum Gasteiger partial charge on any atom is 0.197 e. The average Bonchev–Trinajstić information content (AvgIpc) is 3.86. The van der Waals surface area contributed by atoms with Gasteiger partial charge in [-0.2, -0.15) is 0 Å². The second kappa shape index (κ2) is 12.6. The van der Waals surface area contributed by atoms with Crippen molar-refractivity contribution in [2.24, 2.45) is 0 Å². The SMILES string of the molecule is CC.COc1ccc(-c2cc(=O)c3c(OCc4ccccc4)cc(OCc4ccccc4)c(C4CC4)c3o2)cc1. The quantitative estimate of drug-likeness (QED) is 0.190. The Morgan fingerprint density at radius 1 is 0.750 bits per heavy atom. The van der Waals surface area contributed by atoms with E-state index in [0.717, 1.165) is 40.8 Å². The molecule has 0 atom stereocenters. The smallest absolute Gasteiger partial charge is 0.197 e. The molecule has 4 aromatic carbocycles. The summed E-state index contributed by atoms with van der Waals surface area (Å²) in [5.41, 5.74) is 4.22. The molecular weight excluding hydrogens is 500 g/mol. The second-order valence-electron chi connectivity index (χ2n) is 9.52. The van der Waals surface area contributed by atoms with Gasteiger partial charge in [0.15, 0.2) is 5.43 Å². The lowest BCUT2D eigenvalue weighted by Gasteiger charge is -2.17. The van der Waals surface area contributed by atoms with Crippen molar-refractivity contribution >= 4 is 11.0 Å². The molecular formula is C35H34O5. The van der Waals surface area contributed by atoms with E-state index >= 15 is 0 Å². The van der Waals surface area contributed by atoms with Crippen molar-refractivity contribution in [1.29, 1.82) is 0 Å².